The molecule has 14 nitrogen and oxygen atoms in total. The quantitative estimate of drug-likeness (QED) is 0.279. The summed E-state index contributed by atoms with van der Waals surface area (Å²) in [6.07, 6.45) is 5.16. The summed E-state index contributed by atoms with van der Waals surface area (Å²) < 4.78 is 68.6. The number of ether oxygens (including phenoxy) is 2. The monoisotopic (exact) mass is 744 g/mol. The number of rotatable bonds is 13. The van der Waals surface area contributed by atoms with E-state index in [0.29, 0.717) is 58.5 Å². The number of nitrogens with zero attached hydrogens (tertiary/aromatic N) is 2. The first-order chi connectivity index (χ1) is 23.2. The van der Waals surface area contributed by atoms with E-state index in [1.54, 1.807) is 12.1 Å². The Morgan fingerprint density at radius 2 is 1.08 bits per heavy atom. The molecule has 16 heteroatoms. The number of carbonyl (C=O) groups is 2. The van der Waals surface area contributed by atoms with E-state index in [4.69, 9.17) is 18.5 Å². The fourth-order valence-electron chi connectivity index (χ4n) is 5.41. The van der Waals surface area contributed by atoms with Crippen molar-refractivity contribution < 1.29 is 44.9 Å². The zero-order chi connectivity index (χ0) is 37.4. The molecular weight excluding hydrogens is 689 g/mol. The second-order valence-corrected chi connectivity index (χ2v) is 20.6. The molecule has 284 valence electrons. The third kappa shape index (κ3) is 11.6. The van der Waals surface area contributed by atoms with E-state index in [0.717, 1.165) is 24.2 Å². The molecule has 0 atom stereocenters. The van der Waals surface area contributed by atoms with Gasteiger partial charge in [-0.05, 0) is 83.5 Å². The molecule has 2 N–H and O–H groups in total. The second kappa shape index (κ2) is 17.1. The number of hydrogen-bond acceptors (Lipinski definition) is 12. The molecule has 0 bridgehead atoms. The number of sulfone groups is 2. The van der Waals surface area contributed by atoms with Crippen LogP contribution in [0.25, 0.3) is 0 Å². The molecule has 0 radical (unpaired) electrons. The highest BCUT2D eigenvalue weighted by atomic mass is 32.2. The van der Waals surface area contributed by atoms with Gasteiger partial charge in [-0.2, -0.15) is 0 Å². The van der Waals surface area contributed by atoms with Gasteiger partial charge < -0.3 is 18.5 Å². The molecular formula is C34H56N4O10S2. The Labute approximate surface area is 297 Å². The van der Waals surface area contributed by atoms with Crippen LogP contribution in [0.3, 0.4) is 0 Å². The predicted molar refractivity (Wildman–Crippen MR) is 190 cm³/mol. The first-order valence-corrected chi connectivity index (χ1v) is 20.6. The van der Waals surface area contributed by atoms with Gasteiger partial charge in [0.15, 0.2) is 19.7 Å². The minimum atomic E-state index is -3.63. The highest BCUT2D eigenvalue weighted by molar-refractivity contribution is 7.93. The van der Waals surface area contributed by atoms with Crippen LogP contribution in [-0.4, -0.2) is 86.4 Å². The summed E-state index contributed by atoms with van der Waals surface area (Å²) in [5.74, 6) is -0.809. The molecule has 0 saturated carbocycles. The number of carbonyl (C=O) groups excluding carboxylic acids is 2. The third-order valence-corrected chi connectivity index (χ3v) is 14.4. The standard InChI is InChI=1S/C18H30N2O5S.C16H26N2O5S/c1-17(2,3)11-14-10-15(25-20-14)19-16(21)18(4,5)26(22,23)12-13-6-8-24-9-7-13;1-4-5-13-10-14(23-18-13)17-15(19)16(2,3)24(20,21)11-12-6-8-22-9-7-12/h10,13H,6-9,11-12H2,1-5H3,(H,19,21);10,12H,4-9,11H2,1-3H3,(H,17,19). The molecule has 2 fully saturated rings. The lowest BCUT2D eigenvalue weighted by Gasteiger charge is -2.28. The summed E-state index contributed by atoms with van der Waals surface area (Å²) in [4.78, 5) is 25.1. The molecule has 4 rings (SSSR count). The van der Waals surface area contributed by atoms with Gasteiger partial charge in [0.25, 0.3) is 0 Å². The van der Waals surface area contributed by atoms with Crippen molar-refractivity contribution in [3.8, 4) is 0 Å². The molecule has 4 heterocycles. The number of aromatic nitrogens is 2. The van der Waals surface area contributed by atoms with Crippen LogP contribution in [0.5, 0.6) is 0 Å². The number of anilines is 2. The van der Waals surface area contributed by atoms with Crippen LogP contribution in [-0.2, 0) is 51.6 Å². The van der Waals surface area contributed by atoms with Gasteiger partial charge in [-0.15, -0.1) is 0 Å². The molecule has 0 spiro atoms. The fourth-order valence-corrected chi connectivity index (χ4v) is 8.82. The Balaban J connectivity index is 0.000000271. The normalized spacial score (nSPS) is 17.1. The summed E-state index contributed by atoms with van der Waals surface area (Å²) in [7, 11) is -7.24. The maximum absolute atomic E-state index is 12.8. The molecule has 2 aromatic rings. The van der Waals surface area contributed by atoms with Gasteiger partial charge in [-0.3, -0.25) is 20.2 Å². The highest BCUT2D eigenvalue weighted by Gasteiger charge is 2.44. The number of amides is 2. The van der Waals surface area contributed by atoms with Crippen LogP contribution in [0, 0.1) is 17.3 Å². The largest absolute Gasteiger partial charge is 0.381 e. The molecule has 2 aliphatic heterocycles. The van der Waals surface area contributed by atoms with Crippen molar-refractivity contribution in [3.05, 3.63) is 23.5 Å². The van der Waals surface area contributed by atoms with E-state index in [-0.39, 0.29) is 40.5 Å². The first-order valence-electron chi connectivity index (χ1n) is 17.3. The third-order valence-electron chi connectivity index (χ3n) is 9.05. The van der Waals surface area contributed by atoms with Gasteiger partial charge in [0.2, 0.25) is 23.6 Å². The molecule has 2 aliphatic rings. The molecule has 0 aliphatic carbocycles. The van der Waals surface area contributed by atoms with Crippen molar-refractivity contribution >= 4 is 43.3 Å². The molecule has 2 amide bonds. The maximum atomic E-state index is 12.8. The fraction of sp³-hybridized carbons (Fsp3) is 0.765. The average Bonchev–Trinajstić information content (AvgIpc) is 3.65. The minimum Gasteiger partial charge on any atom is -0.381 e. The minimum absolute atomic E-state index is 0.00569. The van der Waals surface area contributed by atoms with Gasteiger partial charge in [-0.25, -0.2) is 16.8 Å². The van der Waals surface area contributed by atoms with E-state index in [9.17, 15) is 26.4 Å². The lowest BCUT2D eigenvalue weighted by Crippen LogP contribution is -2.47. The van der Waals surface area contributed by atoms with Crippen molar-refractivity contribution in [3.63, 3.8) is 0 Å². The van der Waals surface area contributed by atoms with E-state index >= 15 is 0 Å². The Morgan fingerprint density at radius 1 is 0.700 bits per heavy atom. The van der Waals surface area contributed by atoms with Crippen molar-refractivity contribution in [1.29, 1.82) is 0 Å². The second-order valence-electron chi connectivity index (χ2n) is 15.5. The van der Waals surface area contributed by atoms with E-state index in [1.165, 1.54) is 27.7 Å². The zero-order valence-electron chi connectivity index (χ0n) is 30.8. The molecule has 0 aromatic carbocycles. The SMILES string of the molecule is CC(C)(C)Cc1cc(NC(=O)C(C)(C)S(=O)(=O)CC2CCOCC2)on1.CCCc1cc(NC(=O)C(C)(C)S(=O)(=O)CC2CCOCC2)on1. The predicted octanol–water partition coefficient (Wildman–Crippen LogP) is 5.01. The van der Waals surface area contributed by atoms with E-state index < -0.39 is 41.0 Å². The van der Waals surface area contributed by atoms with E-state index in [2.05, 4.69) is 41.7 Å². The molecule has 50 heavy (non-hydrogen) atoms. The smallest absolute Gasteiger partial charge is 0.247 e. The Bertz CT molecular complexity index is 1630. The van der Waals surface area contributed by atoms with Crippen LogP contribution in [0.4, 0.5) is 11.8 Å². The van der Waals surface area contributed by atoms with E-state index in [1.807, 2.05) is 6.92 Å². The summed E-state index contributed by atoms with van der Waals surface area (Å²) in [6, 6.07) is 3.27. The van der Waals surface area contributed by atoms with Crippen molar-refractivity contribution in [2.24, 2.45) is 17.3 Å². The van der Waals surface area contributed by atoms with Gasteiger partial charge >= 0.3 is 0 Å². The number of aryl methyl sites for hydroxylation is 1. The van der Waals surface area contributed by atoms with Crippen LogP contribution in [0.15, 0.2) is 21.2 Å². The Hall–Kier alpha value is -2.82. The van der Waals surface area contributed by atoms with Gasteiger partial charge in [0.05, 0.1) is 22.9 Å². The van der Waals surface area contributed by atoms with Crippen molar-refractivity contribution in [2.45, 2.75) is 110 Å². The van der Waals surface area contributed by atoms with Crippen LogP contribution in [0.2, 0.25) is 0 Å². The lowest BCUT2D eigenvalue weighted by molar-refractivity contribution is -0.118. The molecule has 2 aromatic heterocycles. The molecule has 2 saturated heterocycles. The van der Waals surface area contributed by atoms with Crippen molar-refractivity contribution in [1.82, 2.24) is 10.3 Å². The van der Waals surface area contributed by atoms with Gasteiger partial charge in [0.1, 0.15) is 9.49 Å². The zero-order valence-corrected chi connectivity index (χ0v) is 32.4. The van der Waals surface area contributed by atoms with Crippen LogP contribution in [0.1, 0.15) is 98.9 Å². The number of nitrogens with one attached hydrogen (secondary N) is 2. The Morgan fingerprint density at radius 3 is 1.46 bits per heavy atom. The first kappa shape index (κ1) is 41.6. The average molecular weight is 745 g/mol. The van der Waals surface area contributed by atoms with Crippen LogP contribution >= 0.6 is 0 Å². The maximum Gasteiger partial charge on any atom is 0.247 e. The summed E-state index contributed by atoms with van der Waals surface area (Å²) in [6.45, 7) is 16.3. The van der Waals surface area contributed by atoms with Crippen molar-refractivity contribution in [2.75, 3.05) is 48.6 Å². The summed E-state index contributed by atoms with van der Waals surface area (Å²) in [5.41, 5.74) is 1.48. The summed E-state index contributed by atoms with van der Waals surface area (Å²) >= 11 is 0. The topological polar surface area (TPSA) is 197 Å². The number of hydrogen-bond donors (Lipinski definition) is 2. The highest BCUT2D eigenvalue weighted by Crippen LogP contribution is 2.28. The van der Waals surface area contributed by atoms with Gasteiger partial charge in [0, 0.05) is 38.6 Å². The molecule has 0 unspecified atom stereocenters. The lowest BCUT2D eigenvalue weighted by atomic mass is 9.91. The summed E-state index contributed by atoms with van der Waals surface area (Å²) in [5, 5.41) is 12.9. The van der Waals surface area contributed by atoms with Crippen LogP contribution < -0.4 is 10.6 Å². The Kier molecular flexibility index (Phi) is 14.3. The van der Waals surface area contributed by atoms with Gasteiger partial charge in [-0.1, -0.05) is 44.4 Å².